The summed E-state index contributed by atoms with van der Waals surface area (Å²) < 4.78 is 0. The molecule has 0 unspecified atom stereocenters. The summed E-state index contributed by atoms with van der Waals surface area (Å²) in [5.74, 6) is 2.49. The summed E-state index contributed by atoms with van der Waals surface area (Å²) in [6.45, 7) is 4.54. The molecule has 1 saturated carbocycles. The third-order valence-electron chi connectivity index (χ3n) is 2.57. The predicted molar refractivity (Wildman–Crippen MR) is 46.4 cm³/mol. The predicted octanol–water partition coefficient (Wildman–Crippen LogP) is 2.65. The van der Waals surface area contributed by atoms with Crippen LogP contribution >= 0.6 is 0 Å². The first-order valence-corrected chi connectivity index (χ1v) is 4.66. The fourth-order valence-electron chi connectivity index (χ4n) is 2.06. The lowest BCUT2D eigenvalue weighted by Gasteiger charge is -2.35. The van der Waals surface area contributed by atoms with Gasteiger partial charge in [-0.3, -0.25) is 0 Å². The van der Waals surface area contributed by atoms with Crippen molar-refractivity contribution in [2.75, 3.05) is 0 Å². The highest BCUT2D eigenvalue weighted by Gasteiger charge is 2.28. The summed E-state index contributed by atoms with van der Waals surface area (Å²) in [4.78, 5) is 10.1. The van der Waals surface area contributed by atoms with E-state index in [-0.39, 0.29) is 0 Å². The highest BCUT2D eigenvalue weighted by atomic mass is 16.1. The minimum absolute atomic E-state index is 0.733. The van der Waals surface area contributed by atoms with Gasteiger partial charge in [-0.15, -0.1) is 0 Å². The monoisotopic (exact) mass is 154 g/mol. The Kier molecular flexibility index (Phi) is 3.10. The largest absolute Gasteiger partial charge is 0.303 e. The van der Waals surface area contributed by atoms with Crippen LogP contribution in [-0.4, -0.2) is 6.29 Å². The maximum atomic E-state index is 10.1. The Morgan fingerprint density at radius 2 is 2.00 bits per heavy atom. The van der Waals surface area contributed by atoms with Crippen LogP contribution in [0.5, 0.6) is 0 Å². The van der Waals surface area contributed by atoms with Gasteiger partial charge in [0.15, 0.2) is 0 Å². The summed E-state index contributed by atoms with van der Waals surface area (Å²) in [5.41, 5.74) is 0. The van der Waals surface area contributed by atoms with Crippen LogP contribution in [0.25, 0.3) is 0 Å². The number of aldehydes is 1. The van der Waals surface area contributed by atoms with E-state index < -0.39 is 0 Å². The number of carbonyl (C=O) groups is 1. The van der Waals surface area contributed by atoms with E-state index in [0.717, 1.165) is 30.5 Å². The molecule has 0 heterocycles. The van der Waals surface area contributed by atoms with E-state index in [1.807, 2.05) is 0 Å². The minimum Gasteiger partial charge on any atom is -0.303 e. The van der Waals surface area contributed by atoms with Gasteiger partial charge in [0.05, 0.1) is 0 Å². The Labute approximate surface area is 69.2 Å². The first-order valence-electron chi connectivity index (χ1n) is 4.66. The van der Waals surface area contributed by atoms with E-state index in [1.54, 1.807) is 0 Å². The molecule has 0 aromatic heterocycles. The van der Waals surface area contributed by atoms with E-state index in [4.69, 9.17) is 0 Å². The lowest BCUT2D eigenvalue weighted by Crippen LogP contribution is -2.25. The van der Waals surface area contributed by atoms with Gasteiger partial charge >= 0.3 is 0 Å². The first kappa shape index (κ1) is 8.76. The van der Waals surface area contributed by atoms with Gasteiger partial charge in [-0.1, -0.05) is 13.8 Å². The molecule has 64 valence electrons. The molecule has 0 atom stereocenters. The minimum atomic E-state index is 0.733. The van der Waals surface area contributed by atoms with Crippen molar-refractivity contribution in [1.29, 1.82) is 0 Å². The second-order valence-corrected chi connectivity index (χ2v) is 4.24. The van der Waals surface area contributed by atoms with Crippen LogP contribution in [0.1, 0.15) is 39.5 Å². The van der Waals surface area contributed by atoms with Crippen LogP contribution < -0.4 is 0 Å². The maximum absolute atomic E-state index is 10.1. The molecule has 0 bridgehead atoms. The van der Waals surface area contributed by atoms with Gasteiger partial charge < -0.3 is 4.79 Å². The Bertz CT molecular complexity index is 123. The third kappa shape index (κ3) is 2.64. The fourth-order valence-corrected chi connectivity index (χ4v) is 2.06. The van der Waals surface area contributed by atoms with Crippen LogP contribution in [0.4, 0.5) is 0 Å². The van der Waals surface area contributed by atoms with Gasteiger partial charge in [-0.05, 0) is 37.0 Å². The average Bonchev–Trinajstić information content (AvgIpc) is 1.82. The molecular weight excluding hydrogens is 136 g/mol. The maximum Gasteiger partial charge on any atom is 0.120 e. The normalized spacial score (nSPS) is 30.1. The molecule has 0 N–H and O–H groups in total. The quantitative estimate of drug-likeness (QED) is 0.569. The molecular formula is C10H18O. The van der Waals surface area contributed by atoms with Crippen LogP contribution in [-0.2, 0) is 4.79 Å². The van der Waals surface area contributed by atoms with E-state index in [2.05, 4.69) is 13.8 Å². The zero-order valence-electron chi connectivity index (χ0n) is 7.55. The summed E-state index contributed by atoms with van der Waals surface area (Å²) >= 11 is 0. The van der Waals surface area contributed by atoms with Gasteiger partial charge in [0.1, 0.15) is 6.29 Å². The number of hydrogen-bond donors (Lipinski definition) is 0. The van der Waals surface area contributed by atoms with E-state index in [9.17, 15) is 4.79 Å². The molecule has 0 radical (unpaired) electrons. The molecule has 1 aliphatic rings. The number of hydrogen-bond acceptors (Lipinski definition) is 1. The number of rotatable bonds is 4. The zero-order valence-corrected chi connectivity index (χ0v) is 7.55. The summed E-state index contributed by atoms with van der Waals surface area (Å²) in [6, 6.07) is 0. The molecule has 0 spiro atoms. The molecule has 1 heteroatoms. The molecule has 1 fully saturated rings. The molecule has 1 rings (SSSR count). The van der Waals surface area contributed by atoms with Crippen LogP contribution in [0, 0.1) is 17.8 Å². The molecule has 0 aliphatic heterocycles. The Hall–Kier alpha value is -0.330. The van der Waals surface area contributed by atoms with Crippen molar-refractivity contribution in [3.05, 3.63) is 0 Å². The van der Waals surface area contributed by atoms with Crippen molar-refractivity contribution in [2.45, 2.75) is 39.5 Å². The smallest absolute Gasteiger partial charge is 0.120 e. The summed E-state index contributed by atoms with van der Waals surface area (Å²) in [6.07, 6.45) is 5.83. The van der Waals surface area contributed by atoms with Crippen LogP contribution in [0.3, 0.4) is 0 Å². The van der Waals surface area contributed by atoms with Gasteiger partial charge in [0.2, 0.25) is 0 Å². The first-order chi connectivity index (χ1) is 5.22. The van der Waals surface area contributed by atoms with Crippen LogP contribution in [0.15, 0.2) is 0 Å². The molecule has 0 aromatic rings. The van der Waals surface area contributed by atoms with Crippen molar-refractivity contribution >= 4 is 6.29 Å². The van der Waals surface area contributed by atoms with Crippen molar-refractivity contribution in [3.63, 3.8) is 0 Å². The summed E-state index contributed by atoms with van der Waals surface area (Å²) in [7, 11) is 0. The lowest BCUT2D eigenvalue weighted by molar-refractivity contribution is -0.109. The topological polar surface area (TPSA) is 17.1 Å². The number of carbonyl (C=O) groups excluding carboxylic acids is 1. The molecule has 0 saturated heterocycles. The Morgan fingerprint density at radius 1 is 1.36 bits per heavy atom. The average molecular weight is 154 g/mol. The van der Waals surface area contributed by atoms with Crippen molar-refractivity contribution < 1.29 is 4.79 Å². The zero-order chi connectivity index (χ0) is 8.27. The molecule has 11 heavy (non-hydrogen) atoms. The second-order valence-electron chi connectivity index (χ2n) is 4.24. The molecule has 0 aromatic carbocycles. The highest BCUT2D eigenvalue weighted by molar-refractivity contribution is 5.49. The molecule has 1 nitrogen and oxygen atoms in total. The highest BCUT2D eigenvalue weighted by Crippen LogP contribution is 2.39. The standard InChI is InChI=1S/C10H18O/c1-8(2)5-10-6-9(7-10)3-4-11/h4,8-10H,3,5-7H2,1-2H3. The van der Waals surface area contributed by atoms with Gasteiger partial charge in [-0.25, -0.2) is 0 Å². The molecule has 1 aliphatic carbocycles. The van der Waals surface area contributed by atoms with E-state index >= 15 is 0 Å². The fraction of sp³-hybridized carbons (Fsp3) is 0.900. The SMILES string of the molecule is CC(C)CC1CC(CC=O)C1. The summed E-state index contributed by atoms with van der Waals surface area (Å²) in [5, 5.41) is 0. The van der Waals surface area contributed by atoms with Gasteiger partial charge in [0.25, 0.3) is 0 Å². The third-order valence-corrected chi connectivity index (χ3v) is 2.57. The van der Waals surface area contributed by atoms with E-state index in [0.29, 0.717) is 0 Å². The van der Waals surface area contributed by atoms with Crippen molar-refractivity contribution in [1.82, 2.24) is 0 Å². The van der Waals surface area contributed by atoms with E-state index in [1.165, 1.54) is 19.3 Å². The Morgan fingerprint density at radius 3 is 2.45 bits per heavy atom. The van der Waals surface area contributed by atoms with Crippen molar-refractivity contribution in [3.8, 4) is 0 Å². The van der Waals surface area contributed by atoms with Crippen LogP contribution in [0.2, 0.25) is 0 Å². The van der Waals surface area contributed by atoms with Crippen molar-refractivity contribution in [2.24, 2.45) is 17.8 Å². The van der Waals surface area contributed by atoms with Gasteiger partial charge in [0, 0.05) is 6.42 Å². The lowest BCUT2D eigenvalue weighted by atomic mass is 9.70. The van der Waals surface area contributed by atoms with Gasteiger partial charge in [-0.2, -0.15) is 0 Å². The Balaban J connectivity index is 2.04. The molecule has 0 amide bonds. The second kappa shape index (κ2) is 3.89.